The number of carbonyl (C=O) groups is 1. The maximum atomic E-state index is 11.7. The number of aromatic nitrogens is 2. The fourth-order valence-electron chi connectivity index (χ4n) is 6.05. The first kappa shape index (κ1) is 24.3. The molecule has 0 radical (unpaired) electrons. The molecular formula is C27H40N6O2. The summed E-state index contributed by atoms with van der Waals surface area (Å²) in [6.07, 6.45) is 6.65. The van der Waals surface area contributed by atoms with Crippen molar-refractivity contribution in [2.45, 2.75) is 64.5 Å². The van der Waals surface area contributed by atoms with Crippen LogP contribution in [0, 0.1) is 6.92 Å². The SMILES string of the molecule is CCOc1ccc2nc(N3CCCC(N4CCC(N5CCNC(=O)CC5)CC4)CC3)nc(C)c2c1. The van der Waals surface area contributed by atoms with Crippen molar-refractivity contribution in [1.29, 1.82) is 0 Å². The number of anilines is 1. The number of amides is 1. The molecule has 1 atom stereocenters. The third-order valence-corrected chi connectivity index (χ3v) is 8.02. The van der Waals surface area contributed by atoms with E-state index < -0.39 is 0 Å². The minimum absolute atomic E-state index is 0.203. The monoisotopic (exact) mass is 480 g/mol. The lowest BCUT2D eigenvalue weighted by Crippen LogP contribution is -2.49. The zero-order chi connectivity index (χ0) is 24.2. The average Bonchev–Trinajstić information content (AvgIpc) is 3.25. The van der Waals surface area contributed by atoms with Crippen LogP contribution in [0.5, 0.6) is 5.75 Å². The Morgan fingerprint density at radius 2 is 1.74 bits per heavy atom. The molecule has 5 rings (SSSR count). The Kier molecular flexibility index (Phi) is 7.68. The number of ether oxygens (including phenoxy) is 1. The number of hydrogen-bond donors (Lipinski definition) is 1. The van der Waals surface area contributed by atoms with Crippen molar-refractivity contribution in [3.8, 4) is 5.75 Å². The topological polar surface area (TPSA) is 73.8 Å². The first-order valence-electron chi connectivity index (χ1n) is 13.5. The summed E-state index contributed by atoms with van der Waals surface area (Å²) in [5, 5.41) is 4.08. The van der Waals surface area contributed by atoms with E-state index in [-0.39, 0.29) is 5.91 Å². The van der Waals surface area contributed by atoms with E-state index in [1.807, 2.05) is 13.0 Å². The quantitative estimate of drug-likeness (QED) is 0.705. The highest BCUT2D eigenvalue weighted by Gasteiger charge is 2.30. The molecule has 0 saturated carbocycles. The van der Waals surface area contributed by atoms with E-state index >= 15 is 0 Å². The van der Waals surface area contributed by atoms with E-state index in [9.17, 15) is 4.79 Å². The number of carbonyl (C=O) groups excluding carboxylic acids is 1. The molecule has 3 saturated heterocycles. The highest BCUT2D eigenvalue weighted by atomic mass is 16.5. The largest absolute Gasteiger partial charge is 0.494 e. The maximum Gasteiger partial charge on any atom is 0.226 e. The van der Waals surface area contributed by atoms with Crippen molar-refractivity contribution < 1.29 is 9.53 Å². The van der Waals surface area contributed by atoms with Crippen LogP contribution < -0.4 is 15.0 Å². The minimum atomic E-state index is 0.203. The molecule has 1 amide bonds. The Bertz CT molecular complexity index is 1020. The number of benzene rings is 1. The number of fused-ring (bicyclic) bond motifs is 1. The smallest absolute Gasteiger partial charge is 0.226 e. The standard InChI is InChI=1S/C27H40N6O2/c1-3-35-23-6-7-25-24(19-23)20(2)29-27(30-25)33-13-4-5-21(10-16-33)31-14-8-22(9-15-31)32-17-11-26(34)28-12-18-32/h6-7,19,21-22H,3-5,8-18H2,1-2H3,(H,28,34). The second-order valence-electron chi connectivity index (χ2n) is 10.2. The van der Waals surface area contributed by atoms with Gasteiger partial charge in [-0.1, -0.05) is 0 Å². The third-order valence-electron chi connectivity index (χ3n) is 8.02. The van der Waals surface area contributed by atoms with Crippen LogP contribution in [-0.2, 0) is 4.79 Å². The molecule has 35 heavy (non-hydrogen) atoms. The van der Waals surface area contributed by atoms with Gasteiger partial charge in [-0.2, -0.15) is 0 Å². The first-order valence-corrected chi connectivity index (χ1v) is 13.5. The summed E-state index contributed by atoms with van der Waals surface area (Å²) in [7, 11) is 0. The predicted molar refractivity (Wildman–Crippen MR) is 139 cm³/mol. The number of nitrogens with one attached hydrogen (secondary N) is 1. The van der Waals surface area contributed by atoms with Crippen LogP contribution in [0.3, 0.4) is 0 Å². The van der Waals surface area contributed by atoms with Crippen LogP contribution >= 0.6 is 0 Å². The number of likely N-dealkylation sites (tertiary alicyclic amines) is 1. The molecule has 1 N–H and O–H groups in total. The van der Waals surface area contributed by atoms with Crippen molar-refractivity contribution in [3.05, 3.63) is 23.9 Å². The van der Waals surface area contributed by atoms with E-state index in [2.05, 4.69) is 39.1 Å². The van der Waals surface area contributed by atoms with Gasteiger partial charge in [0.15, 0.2) is 0 Å². The van der Waals surface area contributed by atoms with Gasteiger partial charge in [-0.15, -0.1) is 0 Å². The number of aryl methyl sites for hydroxylation is 1. The third kappa shape index (κ3) is 5.70. The van der Waals surface area contributed by atoms with Gasteiger partial charge < -0.3 is 19.9 Å². The molecule has 2 aromatic rings. The highest BCUT2D eigenvalue weighted by Crippen LogP contribution is 2.27. The molecule has 3 aliphatic heterocycles. The second-order valence-corrected chi connectivity index (χ2v) is 10.2. The molecule has 0 spiro atoms. The van der Waals surface area contributed by atoms with E-state index in [1.54, 1.807) is 0 Å². The molecule has 4 heterocycles. The van der Waals surface area contributed by atoms with Crippen LogP contribution in [-0.4, -0.2) is 90.2 Å². The Balaban J connectivity index is 1.18. The molecule has 190 valence electrons. The van der Waals surface area contributed by atoms with Gasteiger partial charge in [0.25, 0.3) is 0 Å². The molecule has 8 nitrogen and oxygen atoms in total. The molecule has 0 aliphatic carbocycles. The molecule has 1 aromatic heterocycles. The first-order chi connectivity index (χ1) is 17.1. The van der Waals surface area contributed by atoms with Crippen LogP contribution in [0.4, 0.5) is 5.95 Å². The summed E-state index contributed by atoms with van der Waals surface area (Å²) in [6, 6.07) is 7.38. The van der Waals surface area contributed by atoms with Gasteiger partial charge in [-0.3, -0.25) is 9.69 Å². The van der Waals surface area contributed by atoms with E-state index in [0.717, 1.165) is 67.4 Å². The van der Waals surface area contributed by atoms with Crippen molar-refractivity contribution >= 4 is 22.8 Å². The van der Waals surface area contributed by atoms with Crippen molar-refractivity contribution in [2.24, 2.45) is 0 Å². The lowest BCUT2D eigenvalue weighted by Gasteiger charge is -2.41. The van der Waals surface area contributed by atoms with Crippen molar-refractivity contribution in [3.63, 3.8) is 0 Å². The predicted octanol–water partition coefficient (Wildman–Crippen LogP) is 2.98. The van der Waals surface area contributed by atoms with Gasteiger partial charge in [0, 0.05) is 56.6 Å². The molecule has 3 fully saturated rings. The van der Waals surface area contributed by atoms with Gasteiger partial charge in [0.1, 0.15) is 5.75 Å². The summed E-state index contributed by atoms with van der Waals surface area (Å²) < 4.78 is 5.66. The zero-order valence-corrected chi connectivity index (χ0v) is 21.3. The van der Waals surface area contributed by atoms with Crippen LogP contribution in [0.1, 0.15) is 51.1 Å². The van der Waals surface area contributed by atoms with Crippen molar-refractivity contribution in [2.75, 3.05) is 57.3 Å². The molecule has 1 unspecified atom stereocenters. The Hall–Kier alpha value is -2.45. The maximum absolute atomic E-state index is 11.7. The molecule has 3 aliphatic rings. The number of hydrogen-bond acceptors (Lipinski definition) is 7. The second kappa shape index (κ2) is 11.1. The number of rotatable bonds is 5. The van der Waals surface area contributed by atoms with E-state index in [4.69, 9.17) is 14.7 Å². The fourth-order valence-corrected chi connectivity index (χ4v) is 6.05. The summed E-state index contributed by atoms with van der Waals surface area (Å²) in [5.41, 5.74) is 2.00. The number of piperidine rings is 1. The average molecular weight is 481 g/mol. The number of nitrogens with zero attached hydrogens (tertiary/aromatic N) is 5. The minimum Gasteiger partial charge on any atom is -0.494 e. The Labute approximate surface area is 209 Å². The van der Waals surface area contributed by atoms with Gasteiger partial charge in [0.05, 0.1) is 17.8 Å². The Morgan fingerprint density at radius 1 is 0.971 bits per heavy atom. The fraction of sp³-hybridized carbons (Fsp3) is 0.667. The molecule has 0 bridgehead atoms. The van der Waals surface area contributed by atoms with E-state index in [0.29, 0.717) is 25.1 Å². The van der Waals surface area contributed by atoms with Crippen LogP contribution in [0.25, 0.3) is 10.9 Å². The van der Waals surface area contributed by atoms with Crippen molar-refractivity contribution in [1.82, 2.24) is 25.1 Å². The van der Waals surface area contributed by atoms with Gasteiger partial charge in [-0.05, 0) is 77.2 Å². The molecule has 8 heteroatoms. The molecular weight excluding hydrogens is 440 g/mol. The summed E-state index contributed by atoms with van der Waals surface area (Å²) in [6.45, 7) is 11.8. The highest BCUT2D eigenvalue weighted by molar-refractivity contribution is 5.83. The summed E-state index contributed by atoms with van der Waals surface area (Å²) in [5.74, 6) is 1.94. The van der Waals surface area contributed by atoms with Crippen LogP contribution in [0.2, 0.25) is 0 Å². The van der Waals surface area contributed by atoms with Gasteiger partial charge in [0.2, 0.25) is 11.9 Å². The van der Waals surface area contributed by atoms with Gasteiger partial charge in [-0.25, -0.2) is 9.97 Å². The zero-order valence-electron chi connectivity index (χ0n) is 21.3. The lowest BCUT2D eigenvalue weighted by molar-refractivity contribution is -0.120. The van der Waals surface area contributed by atoms with Gasteiger partial charge >= 0.3 is 0 Å². The summed E-state index contributed by atoms with van der Waals surface area (Å²) in [4.78, 5) is 29.2. The summed E-state index contributed by atoms with van der Waals surface area (Å²) >= 11 is 0. The molecule has 1 aromatic carbocycles. The van der Waals surface area contributed by atoms with E-state index in [1.165, 1.54) is 38.8 Å². The normalized spacial score (nSPS) is 23.7. The van der Waals surface area contributed by atoms with Crippen LogP contribution in [0.15, 0.2) is 18.2 Å². The lowest BCUT2D eigenvalue weighted by atomic mass is 9.98. The Morgan fingerprint density at radius 3 is 2.57 bits per heavy atom.